The first kappa shape index (κ1) is 18.2. The van der Waals surface area contributed by atoms with E-state index in [1.165, 1.54) is 0 Å². The van der Waals surface area contributed by atoms with Gasteiger partial charge in [0.2, 0.25) is 0 Å². The van der Waals surface area contributed by atoms with Gasteiger partial charge in [-0.1, -0.05) is 29.3 Å². The molecule has 0 spiro atoms. The van der Waals surface area contributed by atoms with Crippen LogP contribution in [0.2, 0.25) is 0 Å². The summed E-state index contributed by atoms with van der Waals surface area (Å²) in [5.41, 5.74) is 5.05. The molecule has 0 aliphatic rings. The van der Waals surface area contributed by atoms with Crippen molar-refractivity contribution in [3.05, 3.63) is 64.1 Å². The number of carbonyl (C=O) groups excluding carboxylic acids is 1. The number of amides is 1. The third kappa shape index (κ3) is 5.20. The van der Waals surface area contributed by atoms with Crippen LogP contribution in [0.25, 0.3) is 0 Å². The third-order valence-electron chi connectivity index (χ3n) is 3.38. The molecule has 0 aliphatic carbocycles. The van der Waals surface area contributed by atoms with Crippen molar-refractivity contribution >= 4 is 27.5 Å². The minimum Gasteiger partial charge on any atom is -0.494 e. The van der Waals surface area contributed by atoms with Crippen LogP contribution in [0.3, 0.4) is 0 Å². The Labute approximate surface area is 151 Å². The van der Waals surface area contributed by atoms with Gasteiger partial charge in [0.25, 0.3) is 5.91 Å². The van der Waals surface area contributed by atoms with Gasteiger partial charge in [0, 0.05) is 10.0 Å². The highest BCUT2D eigenvalue weighted by atomic mass is 79.9. The fourth-order valence-corrected chi connectivity index (χ4v) is 2.46. The summed E-state index contributed by atoms with van der Waals surface area (Å²) in [5, 5.41) is 4.32. The minimum absolute atomic E-state index is 0.220. The molecule has 0 radical (unpaired) electrons. The van der Waals surface area contributed by atoms with Crippen LogP contribution in [0, 0.1) is 0 Å². The van der Waals surface area contributed by atoms with E-state index in [0.717, 1.165) is 34.3 Å². The number of ether oxygens (including phenoxy) is 1. The van der Waals surface area contributed by atoms with E-state index < -0.39 is 0 Å². The number of hydrazone groups is 1. The van der Waals surface area contributed by atoms with E-state index in [1.807, 2.05) is 43.3 Å². The second-order valence-corrected chi connectivity index (χ2v) is 6.13. The molecule has 0 fully saturated rings. The normalized spacial score (nSPS) is 11.2. The maximum absolute atomic E-state index is 12.2. The zero-order chi connectivity index (χ0) is 17.4. The Morgan fingerprint density at radius 2 is 1.67 bits per heavy atom. The fraction of sp³-hybridized carbons (Fsp3) is 0.263. The van der Waals surface area contributed by atoms with Crippen molar-refractivity contribution in [3.63, 3.8) is 0 Å². The molecule has 1 amide bonds. The van der Waals surface area contributed by atoms with Crippen LogP contribution < -0.4 is 10.2 Å². The van der Waals surface area contributed by atoms with Crippen molar-refractivity contribution in [3.8, 4) is 5.75 Å². The Balaban J connectivity index is 2.12. The molecule has 0 unspecified atom stereocenters. The van der Waals surface area contributed by atoms with E-state index in [-0.39, 0.29) is 5.91 Å². The lowest BCUT2D eigenvalue weighted by Crippen LogP contribution is -2.20. The summed E-state index contributed by atoms with van der Waals surface area (Å²) in [7, 11) is 0. The fourth-order valence-electron chi connectivity index (χ4n) is 2.20. The molecule has 5 heteroatoms. The number of hydrogen-bond acceptors (Lipinski definition) is 3. The average Bonchev–Trinajstić information content (AvgIpc) is 2.60. The predicted molar refractivity (Wildman–Crippen MR) is 101 cm³/mol. The van der Waals surface area contributed by atoms with Crippen LogP contribution >= 0.6 is 15.9 Å². The average molecular weight is 389 g/mol. The molecule has 2 aromatic rings. The Hall–Kier alpha value is -2.14. The minimum atomic E-state index is -0.220. The first-order valence-corrected chi connectivity index (χ1v) is 8.79. The summed E-state index contributed by atoms with van der Waals surface area (Å²) in [4.78, 5) is 12.2. The summed E-state index contributed by atoms with van der Waals surface area (Å²) in [5.74, 6) is 0.609. The highest BCUT2D eigenvalue weighted by molar-refractivity contribution is 9.10. The zero-order valence-electron chi connectivity index (χ0n) is 13.9. The molecule has 0 atom stereocenters. The van der Waals surface area contributed by atoms with Crippen molar-refractivity contribution in [1.29, 1.82) is 0 Å². The summed E-state index contributed by atoms with van der Waals surface area (Å²) in [6, 6.07) is 14.9. The van der Waals surface area contributed by atoms with Gasteiger partial charge in [-0.2, -0.15) is 5.10 Å². The molecule has 2 rings (SSSR count). The van der Waals surface area contributed by atoms with E-state index in [0.29, 0.717) is 12.2 Å². The smallest absolute Gasteiger partial charge is 0.271 e. The van der Waals surface area contributed by atoms with E-state index in [2.05, 4.69) is 33.4 Å². The molecule has 0 aromatic heterocycles. The van der Waals surface area contributed by atoms with Crippen LogP contribution in [0.15, 0.2) is 58.1 Å². The largest absolute Gasteiger partial charge is 0.494 e. The molecule has 126 valence electrons. The van der Waals surface area contributed by atoms with Gasteiger partial charge in [0.05, 0.1) is 12.3 Å². The number of rotatable bonds is 7. The lowest BCUT2D eigenvalue weighted by atomic mass is 10.1. The molecule has 4 nitrogen and oxygen atoms in total. The monoisotopic (exact) mass is 388 g/mol. The molecule has 0 saturated heterocycles. The molecule has 0 aliphatic heterocycles. The van der Waals surface area contributed by atoms with Gasteiger partial charge in [-0.05, 0) is 67.4 Å². The number of halogens is 1. The van der Waals surface area contributed by atoms with Gasteiger partial charge in [0.15, 0.2) is 0 Å². The molecule has 24 heavy (non-hydrogen) atoms. The second kappa shape index (κ2) is 9.23. The SMILES string of the molecule is CCC/C(=N\NC(=O)c1ccc(Br)cc1)c1ccc(OCC)cc1. The molecule has 2 aromatic carbocycles. The van der Waals surface area contributed by atoms with Crippen molar-refractivity contribution in [2.24, 2.45) is 5.10 Å². The molecular weight excluding hydrogens is 368 g/mol. The van der Waals surface area contributed by atoms with Crippen LogP contribution in [-0.4, -0.2) is 18.2 Å². The van der Waals surface area contributed by atoms with Crippen molar-refractivity contribution in [2.45, 2.75) is 26.7 Å². The second-order valence-electron chi connectivity index (χ2n) is 5.21. The van der Waals surface area contributed by atoms with Crippen LogP contribution in [0.5, 0.6) is 5.75 Å². The molecular formula is C19H21BrN2O2. The number of carbonyl (C=O) groups is 1. The Morgan fingerprint density at radius 1 is 1.04 bits per heavy atom. The van der Waals surface area contributed by atoms with Gasteiger partial charge >= 0.3 is 0 Å². The van der Waals surface area contributed by atoms with Crippen LogP contribution in [0.1, 0.15) is 42.6 Å². The number of hydrogen-bond donors (Lipinski definition) is 1. The Morgan fingerprint density at radius 3 is 2.25 bits per heavy atom. The van der Waals surface area contributed by atoms with Crippen LogP contribution in [0.4, 0.5) is 0 Å². The first-order chi connectivity index (χ1) is 11.6. The van der Waals surface area contributed by atoms with Crippen molar-refractivity contribution < 1.29 is 9.53 Å². The molecule has 0 saturated carbocycles. The van der Waals surface area contributed by atoms with Crippen molar-refractivity contribution in [1.82, 2.24) is 5.43 Å². The quantitative estimate of drug-likeness (QED) is 0.547. The summed E-state index contributed by atoms with van der Waals surface area (Å²) in [6.07, 6.45) is 1.73. The topological polar surface area (TPSA) is 50.7 Å². The third-order valence-corrected chi connectivity index (χ3v) is 3.91. The van der Waals surface area contributed by atoms with E-state index in [9.17, 15) is 4.79 Å². The van der Waals surface area contributed by atoms with Gasteiger partial charge in [0.1, 0.15) is 5.75 Å². The summed E-state index contributed by atoms with van der Waals surface area (Å²) in [6.45, 7) is 4.68. The standard InChI is InChI=1S/C19H21BrN2O2/c1-3-5-18(14-8-12-17(13-9-14)24-4-2)21-22-19(23)15-6-10-16(20)11-7-15/h6-13H,3-5H2,1-2H3,(H,22,23)/b21-18+. The predicted octanol–water partition coefficient (Wildman–Crippen LogP) is 4.78. The summed E-state index contributed by atoms with van der Waals surface area (Å²) >= 11 is 3.36. The molecule has 0 heterocycles. The van der Waals surface area contributed by atoms with E-state index >= 15 is 0 Å². The lowest BCUT2D eigenvalue weighted by molar-refractivity contribution is 0.0954. The maximum Gasteiger partial charge on any atom is 0.271 e. The highest BCUT2D eigenvalue weighted by Gasteiger charge is 2.07. The number of nitrogens with zero attached hydrogens (tertiary/aromatic N) is 1. The van der Waals surface area contributed by atoms with Gasteiger partial charge in [-0.3, -0.25) is 4.79 Å². The maximum atomic E-state index is 12.2. The van der Waals surface area contributed by atoms with E-state index in [1.54, 1.807) is 12.1 Å². The lowest BCUT2D eigenvalue weighted by Gasteiger charge is -2.08. The Bertz CT molecular complexity index is 694. The Kier molecular flexibility index (Phi) is 7.00. The van der Waals surface area contributed by atoms with Gasteiger partial charge in [-0.15, -0.1) is 0 Å². The number of benzene rings is 2. The van der Waals surface area contributed by atoms with Gasteiger partial charge in [-0.25, -0.2) is 5.43 Å². The van der Waals surface area contributed by atoms with Gasteiger partial charge < -0.3 is 4.74 Å². The molecule has 0 bridgehead atoms. The summed E-state index contributed by atoms with van der Waals surface area (Å²) < 4.78 is 6.39. The first-order valence-electron chi connectivity index (χ1n) is 7.99. The van der Waals surface area contributed by atoms with E-state index in [4.69, 9.17) is 4.74 Å². The van der Waals surface area contributed by atoms with Crippen LogP contribution in [-0.2, 0) is 0 Å². The van der Waals surface area contributed by atoms with Crippen molar-refractivity contribution in [2.75, 3.05) is 6.61 Å². The molecule has 1 N–H and O–H groups in total. The number of nitrogens with one attached hydrogen (secondary N) is 1. The highest BCUT2D eigenvalue weighted by Crippen LogP contribution is 2.15. The zero-order valence-corrected chi connectivity index (χ0v) is 15.5.